The van der Waals surface area contributed by atoms with Crippen LogP contribution < -0.4 is 27.1 Å². The van der Waals surface area contributed by atoms with Crippen molar-refractivity contribution in [1.29, 1.82) is 0 Å². The van der Waals surface area contributed by atoms with Gasteiger partial charge in [0.15, 0.2) is 0 Å². The summed E-state index contributed by atoms with van der Waals surface area (Å²) in [6.45, 7) is 80.7. The normalized spacial score (nSPS) is 13.6. The Hall–Kier alpha value is -5.02. The van der Waals surface area contributed by atoms with E-state index in [-0.39, 0.29) is 65.0 Å². The molecule has 0 heterocycles. The van der Waals surface area contributed by atoms with Gasteiger partial charge in [0.25, 0.3) is 0 Å². The van der Waals surface area contributed by atoms with Gasteiger partial charge < -0.3 is 27.1 Å². The highest BCUT2D eigenvalue weighted by molar-refractivity contribution is 7.43. The lowest BCUT2D eigenvalue weighted by atomic mass is 9.79. The Bertz CT molecular complexity index is 3010. The van der Waals surface area contributed by atoms with Crippen LogP contribution in [0.25, 0.3) is 0 Å². The third-order valence-corrected chi connectivity index (χ3v) is 18.9. The van der Waals surface area contributed by atoms with Crippen molar-refractivity contribution < 1.29 is 27.1 Å². The van der Waals surface area contributed by atoms with Crippen molar-refractivity contribution in [1.82, 2.24) is 0 Å². The van der Waals surface area contributed by atoms with E-state index in [0.717, 1.165) is 84.6 Å². The molecule has 0 aromatic heterocycles. The van der Waals surface area contributed by atoms with Crippen LogP contribution in [0.4, 0.5) is 0 Å². The maximum Gasteiger partial charge on any atom is 0.530 e. The van der Waals surface area contributed by atoms with Gasteiger partial charge >= 0.3 is 17.2 Å². The quantitative estimate of drug-likeness (QED) is 0.114. The topological polar surface area (TPSA) is 55.4 Å². The standard InChI is InChI=1S/2C42H63O3P/c1-37(2,3)28-19-22-34(31(25-28)40(10,11)12)43-46(44-35-23-20-29(38(4,5)6)26-32(35)41(13,14)15)45-36-24-21-30(39(7,8)9)27-33(36)42(16,17)18;1-37(2,3)28-22-19-23-29(38(4,5)6)34(28)43-46(44-35-30(39(7,8)9)24-20-25-31(35)40(10,11)12)45-36-32(41(13,14)15)26-21-27-33(36)42(16,17)18/h2*19-27H,1-18H3. The molecule has 0 bridgehead atoms. The first-order valence-corrected chi connectivity index (χ1v) is 36.0. The Morgan fingerprint density at radius 1 is 0.185 bits per heavy atom. The SMILES string of the molecule is CC(C)(C)c1ccc(OP(Oc2ccc(C(C)(C)C)cc2C(C)(C)C)Oc2ccc(C(C)(C)C)cc2C(C)(C)C)c(C(C)(C)C)c1.CC(C)(C)c1cccc(C(C)(C)C)c1OP(Oc1c(C(C)(C)C)cccc1C(C)(C)C)Oc1c(C(C)(C)C)cccc1C(C)(C)C. The molecular weight excluding hydrogens is 1170 g/mol. The molecular formula is C84H126O6P2. The van der Waals surface area contributed by atoms with Crippen molar-refractivity contribution in [2.24, 2.45) is 0 Å². The van der Waals surface area contributed by atoms with E-state index in [4.69, 9.17) is 27.1 Å². The van der Waals surface area contributed by atoms with E-state index in [1.807, 2.05) is 0 Å². The van der Waals surface area contributed by atoms with Crippen molar-refractivity contribution >= 4 is 17.2 Å². The van der Waals surface area contributed by atoms with E-state index in [1.165, 1.54) is 16.7 Å². The molecule has 0 saturated heterocycles. The Morgan fingerprint density at radius 2 is 0.348 bits per heavy atom. The zero-order valence-corrected chi connectivity index (χ0v) is 66.5. The van der Waals surface area contributed by atoms with Crippen LogP contribution in [0, 0.1) is 0 Å². The van der Waals surface area contributed by atoms with Crippen LogP contribution in [-0.2, 0) is 65.0 Å². The second kappa shape index (κ2) is 27.2. The summed E-state index contributed by atoms with van der Waals surface area (Å²) in [5.41, 5.74) is 12.7. The Morgan fingerprint density at radius 3 is 0.500 bits per heavy atom. The van der Waals surface area contributed by atoms with Crippen LogP contribution >= 0.6 is 17.2 Å². The van der Waals surface area contributed by atoms with Gasteiger partial charge in [-0.1, -0.05) is 340 Å². The van der Waals surface area contributed by atoms with Crippen LogP contribution in [0.2, 0.25) is 0 Å². The smallest absolute Gasteiger partial charge is 0.408 e. The fraction of sp³-hybridized carbons (Fsp3) is 0.571. The van der Waals surface area contributed by atoms with Gasteiger partial charge in [0.1, 0.15) is 34.5 Å². The first-order chi connectivity index (χ1) is 41.2. The lowest BCUT2D eigenvalue weighted by Gasteiger charge is -2.34. The minimum Gasteiger partial charge on any atom is -0.408 e. The van der Waals surface area contributed by atoms with E-state index in [9.17, 15) is 0 Å². The Balaban J connectivity index is 0.000000334. The van der Waals surface area contributed by atoms with Crippen molar-refractivity contribution in [3.05, 3.63) is 176 Å². The Kier molecular flexibility index (Phi) is 23.0. The molecule has 0 aliphatic carbocycles. The van der Waals surface area contributed by atoms with Crippen molar-refractivity contribution in [2.75, 3.05) is 0 Å². The van der Waals surface area contributed by atoms with Gasteiger partial charge in [-0.15, -0.1) is 0 Å². The van der Waals surface area contributed by atoms with Gasteiger partial charge in [0.2, 0.25) is 0 Å². The number of hydrogen-bond acceptors (Lipinski definition) is 6. The summed E-state index contributed by atoms with van der Waals surface area (Å²) >= 11 is 0. The monoisotopic (exact) mass is 1290 g/mol. The third-order valence-electron chi connectivity index (χ3n) is 16.9. The lowest BCUT2D eigenvalue weighted by Crippen LogP contribution is -2.23. The summed E-state index contributed by atoms with van der Waals surface area (Å²) in [7, 11) is -3.86. The maximum atomic E-state index is 7.23. The number of benzene rings is 6. The molecule has 0 aliphatic heterocycles. The van der Waals surface area contributed by atoms with Gasteiger partial charge in [-0.25, -0.2) is 0 Å². The zero-order valence-electron chi connectivity index (χ0n) is 64.7. The molecule has 8 heteroatoms. The second-order valence-corrected chi connectivity index (χ2v) is 40.2. The summed E-state index contributed by atoms with van der Waals surface area (Å²) < 4.78 is 42.4. The van der Waals surface area contributed by atoms with Crippen LogP contribution in [0.15, 0.2) is 109 Å². The Labute approximate surface area is 565 Å². The van der Waals surface area contributed by atoms with Crippen LogP contribution in [0.1, 0.15) is 316 Å². The predicted molar refractivity (Wildman–Crippen MR) is 401 cm³/mol. The van der Waals surface area contributed by atoms with Gasteiger partial charge in [0.05, 0.1) is 0 Å². The molecule has 92 heavy (non-hydrogen) atoms. The van der Waals surface area contributed by atoms with Gasteiger partial charge in [-0.3, -0.25) is 0 Å². The molecule has 0 aliphatic rings. The van der Waals surface area contributed by atoms with E-state index in [1.54, 1.807) is 0 Å². The van der Waals surface area contributed by atoms with Crippen LogP contribution in [0.3, 0.4) is 0 Å². The van der Waals surface area contributed by atoms with E-state index in [0.29, 0.717) is 0 Å². The molecule has 0 saturated carbocycles. The van der Waals surface area contributed by atoms with E-state index < -0.39 is 17.2 Å². The molecule has 6 rings (SSSR count). The average molecular weight is 1290 g/mol. The maximum absolute atomic E-state index is 7.23. The van der Waals surface area contributed by atoms with Crippen LogP contribution in [0.5, 0.6) is 34.5 Å². The molecule has 0 fully saturated rings. The molecule has 0 amide bonds. The van der Waals surface area contributed by atoms with Gasteiger partial charge in [0, 0.05) is 50.1 Å². The summed E-state index contributed by atoms with van der Waals surface area (Å²) in [5, 5.41) is 0. The minimum atomic E-state index is -1.97. The predicted octanol–water partition coefficient (Wildman–Crippen LogP) is 26.5. The second-order valence-electron chi connectivity index (χ2n) is 38.2. The van der Waals surface area contributed by atoms with Gasteiger partial charge in [-0.2, -0.15) is 0 Å². The molecule has 0 radical (unpaired) electrons. The summed E-state index contributed by atoms with van der Waals surface area (Å²) in [6, 6.07) is 39.3. The molecule has 6 nitrogen and oxygen atoms in total. The summed E-state index contributed by atoms with van der Waals surface area (Å²) in [5.74, 6) is 4.93. The molecule has 508 valence electrons. The molecule has 6 aromatic rings. The van der Waals surface area contributed by atoms with Crippen molar-refractivity contribution in [3.8, 4) is 34.5 Å². The fourth-order valence-electron chi connectivity index (χ4n) is 11.0. The minimum absolute atomic E-state index is 0.0170. The van der Waals surface area contributed by atoms with Gasteiger partial charge in [-0.05, 0) is 99.9 Å². The molecule has 0 unspecified atom stereocenters. The largest absolute Gasteiger partial charge is 0.530 e. The number of para-hydroxylation sites is 3. The highest BCUT2D eigenvalue weighted by Crippen LogP contribution is 2.56. The van der Waals surface area contributed by atoms with Crippen molar-refractivity contribution in [2.45, 2.75) is 314 Å². The number of rotatable bonds is 12. The highest BCUT2D eigenvalue weighted by atomic mass is 31.2. The zero-order chi connectivity index (χ0) is 70.5. The van der Waals surface area contributed by atoms with Crippen molar-refractivity contribution in [3.63, 3.8) is 0 Å². The van der Waals surface area contributed by atoms with E-state index in [2.05, 4.69) is 358 Å². The molecule has 0 atom stereocenters. The molecule has 0 N–H and O–H groups in total. The van der Waals surface area contributed by atoms with Crippen LogP contribution in [-0.4, -0.2) is 0 Å². The first kappa shape index (κ1) is 77.7. The number of hydrogen-bond donors (Lipinski definition) is 0. The lowest BCUT2D eigenvalue weighted by molar-refractivity contribution is 0.357. The average Bonchev–Trinajstić information content (AvgIpc) is 0.783. The molecule has 6 aromatic carbocycles. The van der Waals surface area contributed by atoms with E-state index >= 15 is 0 Å². The third kappa shape index (κ3) is 20.3. The fourth-order valence-corrected chi connectivity index (χ4v) is 13.2. The molecule has 0 spiro atoms. The first-order valence-electron chi connectivity index (χ1n) is 33.8. The highest BCUT2D eigenvalue weighted by Gasteiger charge is 2.39. The summed E-state index contributed by atoms with van der Waals surface area (Å²) in [6.07, 6.45) is 0. The summed E-state index contributed by atoms with van der Waals surface area (Å²) in [4.78, 5) is 0.